The average molecular weight is 289 g/mol. The Morgan fingerprint density at radius 2 is 1.86 bits per heavy atom. The summed E-state index contributed by atoms with van der Waals surface area (Å²) in [4.78, 5) is 5.03. The van der Waals surface area contributed by atoms with Crippen LogP contribution < -0.4 is 15.4 Å². The summed E-state index contributed by atoms with van der Waals surface area (Å²) in [5.41, 5.74) is 8.00. The van der Waals surface area contributed by atoms with Crippen molar-refractivity contribution in [3.05, 3.63) is 18.2 Å². The van der Waals surface area contributed by atoms with Gasteiger partial charge in [-0.15, -0.1) is 0 Å². The number of benzene rings is 1. The molecule has 1 aliphatic carbocycles. The van der Waals surface area contributed by atoms with Crippen LogP contribution in [0.25, 0.3) is 0 Å². The van der Waals surface area contributed by atoms with Gasteiger partial charge >= 0.3 is 0 Å². The minimum atomic E-state index is 0.176. The lowest BCUT2D eigenvalue weighted by Gasteiger charge is -2.36. The number of hydrogen-bond acceptors (Lipinski definition) is 4. The largest absolute Gasteiger partial charge is 0.491 e. The first kappa shape index (κ1) is 14.5. The van der Waals surface area contributed by atoms with Crippen molar-refractivity contribution in [3.8, 4) is 5.75 Å². The van der Waals surface area contributed by atoms with E-state index in [1.807, 2.05) is 19.9 Å². The van der Waals surface area contributed by atoms with E-state index in [9.17, 15) is 0 Å². The lowest BCUT2D eigenvalue weighted by molar-refractivity contribution is 0.241. The highest BCUT2D eigenvalue weighted by atomic mass is 16.5. The molecule has 1 aliphatic heterocycles. The summed E-state index contributed by atoms with van der Waals surface area (Å²) in [6, 6.07) is 6.09. The lowest BCUT2D eigenvalue weighted by Crippen LogP contribution is -2.47. The van der Waals surface area contributed by atoms with Crippen LogP contribution >= 0.6 is 0 Å². The molecule has 3 rings (SSSR count). The maximum absolute atomic E-state index is 6.03. The number of nitrogens with zero attached hydrogens (tertiary/aromatic N) is 2. The van der Waals surface area contributed by atoms with Crippen LogP contribution in [0.3, 0.4) is 0 Å². The van der Waals surface area contributed by atoms with Gasteiger partial charge < -0.3 is 15.4 Å². The zero-order valence-corrected chi connectivity index (χ0v) is 13.2. The predicted molar refractivity (Wildman–Crippen MR) is 88.0 cm³/mol. The summed E-state index contributed by atoms with van der Waals surface area (Å²) in [5, 5.41) is 0. The van der Waals surface area contributed by atoms with E-state index < -0.39 is 0 Å². The van der Waals surface area contributed by atoms with E-state index in [1.54, 1.807) is 0 Å². The quantitative estimate of drug-likeness (QED) is 0.846. The van der Waals surface area contributed by atoms with Crippen LogP contribution in [0.5, 0.6) is 5.75 Å². The molecule has 0 bridgehead atoms. The predicted octanol–water partition coefficient (Wildman–Crippen LogP) is 2.59. The second-order valence-electron chi connectivity index (χ2n) is 6.66. The first-order chi connectivity index (χ1) is 10.1. The van der Waals surface area contributed by atoms with Crippen LogP contribution in [0, 0.1) is 5.92 Å². The number of anilines is 2. The SMILES string of the molecule is CC(C)Oc1cc(N)cc(N2CCN(CC3CC3)CC2)c1. The van der Waals surface area contributed by atoms with Gasteiger partial charge in [-0.2, -0.15) is 0 Å². The van der Waals surface area contributed by atoms with Crippen molar-refractivity contribution >= 4 is 11.4 Å². The topological polar surface area (TPSA) is 41.7 Å². The third-order valence-electron chi connectivity index (χ3n) is 4.24. The molecule has 0 unspecified atom stereocenters. The minimum Gasteiger partial charge on any atom is -0.491 e. The molecule has 0 amide bonds. The fourth-order valence-corrected chi connectivity index (χ4v) is 2.98. The van der Waals surface area contributed by atoms with Crippen molar-refractivity contribution in [1.82, 2.24) is 4.90 Å². The Morgan fingerprint density at radius 1 is 1.14 bits per heavy atom. The van der Waals surface area contributed by atoms with Gasteiger partial charge in [0.2, 0.25) is 0 Å². The Hall–Kier alpha value is -1.42. The molecule has 1 saturated carbocycles. The lowest BCUT2D eigenvalue weighted by atomic mass is 10.2. The number of nitrogen functional groups attached to an aromatic ring is 1. The third kappa shape index (κ3) is 4.03. The molecular formula is C17H27N3O. The molecule has 2 fully saturated rings. The van der Waals surface area contributed by atoms with Gasteiger partial charge in [-0.1, -0.05) is 0 Å². The molecule has 21 heavy (non-hydrogen) atoms. The number of ether oxygens (including phenoxy) is 1. The molecule has 2 N–H and O–H groups in total. The highest BCUT2D eigenvalue weighted by Crippen LogP contribution is 2.31. The van der Waals surface area contributed by atoms with Crippen LogP contribution in [0.15, 0.2) is 18.2 Å². The normalized spacial score (nSPS) is 20.0. The van der Waals surface area contributed by atoms with Crippen LogP contribution in [-0.4, -0.2) is 43.7 Å². The van der Waals surface area contributed by atoms with Crippen molar-refractivity contribution in [2.75, 3.05) is 43.4 Å². The van der Waals surface area contributed by atoms with Crippen LogP contribution in [-0.2, 0) is 0 Å². The standard InChI is InChI=1S/C17H27N3O/c1-13(2)21-17-10-15(18)9-16(11-17)20-7-5-19(6-8-20)12-14-3-4-14/h9-11,13-14H,3-8,12,18H2,1-2H3. The van der Waals surface area contributed by atoms with Gasteiger partial charge in [0.15, 0.2) is 0 Å². The minimum absolute atomic E-state index is 0.176. The van der Waals surface area contributed by atoms with Gasteiger partial charge in [-0.25, -0.2) is 0 Å². The summed E-state index contributed by atoms with van der Waals surface area (Å²) in [7, 11) is 0. The zero-order valence-electron chi connectivity index (χ0n) is 13.2. The van der Waals surface area contributed by atoms with E-state index in [0.29, 0.717) is 0 Å². The van der Waals surface area contributed by atoms with E-state index in [2.05, 4.69) is 21.9 Å². The van der Waals surface area contributed by atoms with Gasteiger partial charge in [0.1, 0.15) is 5.75 Å². The Morgan fingerprint density at radius 3 is 2.48 bits per heavy atom. The summed E-state index contributed by atoms with van der Waals surface area (Å²) >= 11 is 0. The van der Waals surface area contributed by atoms with Gasteiger partial charge in [-0.05, 0) is 38.7 Å². The molecule has 0 atom stereocenters. The van der Waals surface area contributed by atoms with Crippen LogP contribution in [0.4, 0.5) is 11.4 Å². The van der Waals surface area contributed by atoms with Gasteiger partial charge in [0.05, 0.1) is 6.10 Å². The molecular weight excluding hydrogens is 262 g/mol. The van der Waals surface area contributed by atoms with Crippen molar-refractivity contribution in [2.45, 2.75) is 32.8 Å². The zero-order chi connectivity index (χ0) is 14.8. The molecule has 0 radical (unpaired) electrons. The van der Waals surface area contributed by atoms with Crippen molar-refractivity contribution in [3.63, 3.8) is 0 Å². The maximum Gasteiger partial charge on any atom is 0.123 e. The highest BCUT2D eigenvalue weighted by Gasteiger charge is 2.26. The van der Waals surface area contributed by atoms with Gasteiger partial charge in [-0.3, -0.25) is 4.90 Å². The van der Waals surface area contributed by atoms with Crippen LogP contribution in [0.1, 0.15) is 26.7 Å². The smallest absolute Gasteiger partial charge is 0.123 e. The summed E-state index contributed by atoms with van der Waals surface area (Å²) < 4.78 is 5.79. The molecule has 2 aliphatic rings. The molecule has 116 valence electrons. The van der Waals surface area contributed by atoms with E-state index in [4.69, 9.17) is 10.5 Å². The number of hydrogen-bond donors (Lipinski definition) is 1. The Balaban J connectivity index is 1.62. The molecule has 1 aromatic rings. The number of nitrogens with two attached hydrogens (primary N) is 1. The van der Waals surface area contributed by atoms with Crippen molar-refractivity contribution < 1.29 is 4.74 Å². The third-order valence-corrected chi connectivity index (χ3v) is 4.24. The van der Waals surface area contributed by atoms with E-state index >= 15 is 0 Å². The number of rotatable bonds is 5. The molecule has 0 spiro atoms. The summed E-state index contributed by atoms with van der Waals surface area (Å²) in [5.74, 6) is 1.86. The van der Waals surface area contributed by atoms with Crippen molar-refractivity contribution in [1.29, 1.82) is 0 Å². The average Bonchev–Trinajstić information content (AvgIpc) is 3.22. The molecule has 1 saturated heterocycles. The Kier molecular flexibility index (Phi) is 4.24. The first-order valence-corrected chi connectivity index (χ1v) is 8.14. The van der Waals surface area contributed by atoms with E-state index in [1.165, 1.54) is 25.1 Å². The summed E-state index contributed by atoms with van der Waals surface area (Å²) in [6.07, 6.45) is 3.05. The molecule has 0 aromatic heterocycles. The van der Waals surface area contributed by atoms with Gasteiger partial charge in [0, 0.05) is 56.2 Å². The second-order valence-corrected chi connectivity index (χ2v) is 6.66. The fraction of sp³-hybridized carbons (Fsp3) is 0.647. The monoisotopic (exact) mass is 289 g/mol. The number of piperazine rings is 1. The first-order valence-electron chi connectivity index (χ1n) is 8.14. The Bertz CT molecular complexity index is 477. The van der Waals surface area contributed by atoms with Crippen LogP contribution in [0.2, 0.25) is 0 Å². The molecule has 1 heterocycles. The second kappa shape index (κ2) is 6.14. The highest BCUT2D eigenvalue weighted by molar-refractivity contribution is 5.60. The van der Waals surface area contributed by atoms with E-state index in [-0.39, 0.29) is 6.10 Å². The fourth-order valence-electron chi connectivity index (χ4n) is 2.98. The van der Waals surface area contributed by atoms with Gasteiger partial charge in [0.25, 0.3) is 0 Å². The van der Waals surface area contributed by atoms with Crippen molar-refractivity contribution in [2.24, 2.45) is 5.92 Å². The molecule has 4 heteroatoms. The Labute approximate surface area is 127 Å². The maximum atomic E-state index is 6.03. The van der Waals surface area contributed by atoms with E-state index in [0.717, 1.165) is 43.5 Å². The molecule has 4 nitrogen and oxygen atoms in total. The summed E-state index contributed by atoms with van der Waals surface area (Å²) in [6.45, 7) is 9.86. The molecule has 1 aromatic carbocycles.